The third-order valence-corrected chi connectivity index (χ3v) is 4.41. The van der Waals surface area contributed by atoms with E-state index in [9.17, 15) is 5.11 Å². The predicted molar refractivity (Wildman–Crippen MR) is 93.7 cm³/mol. The number of halogens is 1. The first-order valence-electron chi connectivity index (χ1n) is 7.69. The Labute approximate surface area is 144 Å². The van der Waals surface area contributed by atoms with Crippen LogP contribution in [0.3, 0.4) is 0 Å². The summed E-state index contributed by atoms with van der Waals surface area (Å²) in [6.07, 6.45) is -0.107. The van der Waals surface area contributed by atoms with E-state index in [0.29, 0.717) is 19.8 Å². The molecule has 1 heterocycles. The first-order valence-corrected chi connectivity index (χ1v) is 8.48. The fourth-order valence-electron chi connectivity index (χ4n) is 2.60. The Morgan fingerprint density at radius 1 is 1.26 bits per heavy atom. The van der Waals surface area contributed by atoms with Gasteiger partial charge in [0.25, 0.3) is 0 Å². The van der Waals surface area contributed by atoms with Crippen molar-refractivity contribution in [3.8, 4) is 5.75 Å². The van der Waals surface area contributed by atoms with Crippen LogP contribution in [0.1, 0.15) is 5.56 Å². The lowest BCUT2D eigenvalue weighted by molar-refractivity contribution is 0.00880. The first kappa shape index (κ1) is 16.3. The van der Waals surface area contributed by atoms with Gasteiger partial charge in [0.05, 0.1) is 32.1 Å². The zero-order valence-corrected chi connectivity index (χ0v) is 14.3. The molecule has 0 fully saturated rings. The Morgan fingerprint density at radius 3 is 2.87 bits per heavy atom. The van der Waals surface area contributed by atoms with Crippen molar-refractivity contribution in [1.29, 1.82) is 0 Å². The van der Waals surface area contributed by atoms with E-state index >= 15 is 0 Å². The number of hydrogen-bond donors (Lipinski definition) is 2. The van der Waals surface area contributed by atoms with E-state index in [-0.39, 0.29) is 18.6 Å². The summed E-state index contributed by atoms with van der Waals surface area (Å²) in [4.78, 5) is 0. The Morgan fingerprint density at radius 2 is 2.09 bits per heavy atom. The van der Waals surface area contributed by atoms with Crippen molar-refractivity contribution in [2.45, 2.75) is 12.7 Å². The molecule has 0 saturated heterocycles. The summed E-state index contributed by atoms with van der Waals surface area (Å²) in [7, 11) is 0. The maximum absolute atomic E-state index is 9.67. The zero-order valence-electron chi connectivity index (χ0n) is 12.7. The molecule has 2 N–H and O–H groups in total. The van der Waals surface area contributed by atoms with Crippen LogP contribution in [-0.2, 0) is 11.3 Å². The summed E-state index contributed by atoms with van der Waals surface area (Å²) in [6.45, 7) is 1.70. The first-order chi connectivity index (χ1) is 11.3. The molecular formula is C18H20BrNO3. The highest BCUT2D eigenvalue weighted by atomic mass is 79.9. The molecule has 3 rings (SSSR count). The molecule has 2 atom stereocenters. The van der Waals surface area contributed by atoms with Crippen LogP contribution >= 0.6 is 15.9 Å². The van der Waals surface area contributed by atoms with Gasteiger partial charge in [0, 0.05) is 10.4 Å². The number of nitrogens with one attached hydrogen (secondary N) is 1. The van der Waals surface area contributed by atoms with Gasteiger partial charge in [0.2, 0.25) is 0 Å². The SMILES string of the molecule is OCC(COCc1ccccc1)C1CNc2cc(Br)ccc2O1. The van der Waals surface area contributed by atoms with E-state index in [1.807, 2.05) is 48.5 Å². The van der Waals surface area contributed by atoms with Crippen molar-refractivity contribution in [3.63, 3.8) is 0 Å². The van der Waals surface area contributed by atoms with E-state index in [1.54, 1.807) is 0 Å². The van der Waals surface area contributed by atoms with Gasteiger partial charge >= 0.3 is 0 Å². The van der Waals surface area contributed by atoms with Crippen molar-refractivity contribution >= 4 is 21.6 Å². The second kappa shape index (κ2) is 7.81. The third kappa shape index (κ3) is 4.25. The second-order valence-electron chi connectivity index (χ2n) is 5.62. The van der Waals surface area contributed by atoms with Crippen molar-refractivity contribution in [1.82, 2.24) is 0 Å². The summed E-state index contributed by atoms with van der Waals surface area (Å²) in [6, 6.07) is 15.9. The van der Waals surface area contributed by atoms with Crippen molar-refractivity contribution in [2.24, 2.45) is 5.92 Å². The lowest BCUT2D eigenvalue weighted by Crippen LogP contribution is -2.41. The van der Waals surface area contributed by atoms with Gasteiger partial charge in [0.1, 0.15) is 11.9 Å². The summed E-state index contributed by atoms with van der Waals surface area (Å²) in [5, 5.41) is 13.0. The highest BCUT2D eigenvalue weighted by Gasteiger charge is 2.27. The van der Waals surface area contributed by atoms with Gasteiger partial charge in [-0.2, -0.15) is 0 Å². The molecule has 0 aromatic heterocycles. The van der Waals surface area contributed by atoms with E-state index < -0.39 is 0 Å². The Balaban J connectivity index is 1.55. The monoisotopic (exact) mass is 377 g/mol. The van der Waals surface area contributed by atoms with Gasteiger partial charge in [-0.15, -0.1) is 0 Å². The van der Waals surface area contributed by atoms with Crippen molar-refractivity contribution < 1.29 is 14.6 Å². The standard InChI is InChI=1S/C18H20BrNO3/c19-15-6-7-17-16(8-15)20-9-18(23-17)14(10-21)12-22-11-13-4-2-1-3-5-13/h1-8,14,18,20-21H,9-12H2. The molecule has 0 radical (unpaired) electrons. The van der Waals surface area contributed by atoms with Crippen LogP contribution in [0.15, 0.2) is 53.0 Å². The quantitative estimate of drug-likeness (QED) is 0.809. The number of benzene rings is 2. The van der Waals surface area contributed by atoms with Crippen LogP contribution in [0.25, 0.3) is 0 Å². The number of anilines is 1. The number of rotatable bonds is 6. The molecule has 23 heavy (non-hydrogen) atoms. The number of aliphatic hydroxyl groups excluding tert-OH is 1. The van der Waals surface area contributed by atoms with Gasteiger partial charge in [-0.05, 0) is 23.8 Å². The molecule has 2 aromatic carbocycles. The summed E-state index contributed by atoms with van der Waals surface area (Å²) in [5.41, 5.74) is 2.10. The molecule has 0 amide bonds. The number of aliphatic hydroxyl groups is 1. The maximum atomic E-state index is 9.67. The average Bonchev–Trinajstić information content (AvgIpc) is 2.59. The van der Waals surface area contributed by atoms with Gasteiger partial charge in [0.15, 0.2) is 0 Å². The molecule has 122 valence electrons. The highest BCUT2D eigenvalue weighted by Crippen LogP contribution is 2.33. The lowest BCUT2D eigenvalue weighted by atomic mass is 10.0. The van der Waals surface area contributed by atoms with Gasteiger partial charge in [-0.1, -0.05) is 46.3 Å². The average molecular weight is 378 g/mol. The molecule has 0 aliphatic carbocycles. The predicted octanol–water partition coefficient (Wildman–Crippen LogP) is 3.45. The minimum atomic E-state index is -0.107. The molecule has 1 aliphatic heterocycles. The van der Waals surface area contributed by atoms with Crippen molar-refractivity contribution in [2.75, 3.05) is 25.1 Å². The minimum absolute atomic E-state index is 0.0347. The fourth-order valence-corrected chi connectivity index (χ4v) is 2.96. The number of fused-ring (bicyclic) bond motifs is 1. The van der Waals surface area contributed by atoms with Crippen LogP contribution in [0, 0.1) is 5.92 Å². The van der Waals surface area contributed by atoms with Crippen LogP contribution in [0.2, 0.25) is 0 Å². The zero-order chi connectivity index (χ0) is 16.1. The van der Waals surface area contributed by atoms with Crippen LogP contribution in [-0.4, -0.2) is 31.0 Å². The van der Waals surface area contributed by atoms with Gasteiger partial charge in [-0.3, -0.25) is 0 Å². The van der Waals surface area contributed by atoms with Crippen LogP contribution < -0.4 is 10.1 Å². The molecule has 1 aliphatic rings. The minimum Gasteiger partial charge on any atom is -0.486 e. The van der Waals surface area contributed by atoms with Gasteiger partial charge < -0.3 is 19.9 Å². The van der Waals surface area contributed by atoms with E-state index in [4.69, 9.17) is 9.47 Å². The summed E-state index contributed by atoms with van der Waals surface area (Å²) in [5.74, 6) is 0.744. The molecule has 0 saturated carbocycles. The van der Waals surface area contributed by atoms with Crippen molar-refractivity contribution in [3.05, 3.63) is 58.6 Å². The molecule has 4 nitrogen and oxygen atoms in total. The van der Waals surface area contributed by atoms with Crippen LogP contribution in [0.5, 0.6) is 5.75 Å². The second-order valence-corrected chi connectivity index (χ2v) is 6.54. The smallest absolute Gasteiger partial charge is 0.143 e. The van der Waals surface area contributed by atoms with E-state index in [2.05, 4.69) is 21.2 Å². The number of ether oxygens (including phenoxy) is 2. The Hall–Kier alpha value is -1.56. The van der Waals surface area contributed by atoms with E-state index in [0.717, 1.165) is 21.5 Å². The summed E-state index contributed by atoms with van der Waals surface area (Å²) < 4.78 is 12.8. The summed E-state index contributed by atoms with van der Waals surface area (Å²) >= 11 is 3.45. The topological polar surface area (TPSA) is 50.7 Å². The van der Waals surface area contributed by atoms with Gasteiger partial charge in [-0.25, -0.2) is 0 Å². The highest BCUT2D eigenvalue weighted by molar-refractivity contribution is 9.10. The largest absolute Gasteiger partial charge is 0.486 e. The Bertz CT molecular complexity index is 635. The lowest BCUT2D eigenvalue weighted by Gasteiger charge is -2.32. The maximum Gasteiger partial charge on any atom is 0.143 e. The third-order valence-electron chi connectivity index (χ3n) is 3.92. The molecule has 2 aromatic rings. The van der Waals surface area contributed by atoms with Crippen LogP contribution in [0.4, 0.5) is 5.69 Å². The van der Waals surface area contributed by atoms with E-state index in [1.165, 1.54) is 0 Å². The molecule has 5 heteroatoms. The molecule has 0 bridgehead atoms. The number of hydrogen-bond acceptors (Lipinski definition) is 4. The Kier molecular flexibility index (Phi) is 5.54. The fraction of sp³-hybridized carbons (Fsp3) is 0.333. The molecule has 0 spiro atoms. The normalized spacial score (nSPS) is 17.7. The molecule has 2 unspecified atom stereocenters. The molecular weight excluding hydrogens is 358 g/mol.